The molecule has 1 unspecified atom stereocenters. The zero-order valence-corrected chi connectivity index (χ0v) is 42.3. The number of fused-ring (bicyclic) bond motifs is 12. The molecule has 0 fully saturated rings. The van der Waals surface area contributed by atoms with Crippen LogP contribution in [0.25, 0.3) is 139 Å². The Kier molecular flexibility index (Phi) is 9.61. The van der Waals surface area contributed by atoms with Crippen LogP contribution in [0.5, 0.6) is 0 Å². The van der Waals surface area contributed by atoms with Crippen LogP contribution in [-0.2, 0) is 0 Å². The highest BCUT2D eigenvalue weighted by atomic mass is 15.0. The van der Waals surface area contributed by atoms with E-state index in [2.05, 4.69) is 286 Å². The topological polar surface area (TPSA) is 32.6 Å². The molecule has 5 heteroatoms. The third kappa shape index (κ3) is 6.70. The molecule has 0 bridgehead atoms. The largest absolute Gasteiger partial charge is 0.313 e. The second-order valence-corrected chi connectivity index (χ2v) is 20.8. The highest BCUT2D eigenvalue weighted by Gasteiger charge is 2.26. The van der Waals surface area contributed by atoms with E-state index < -0.39 is 0 Å². The lowest BCUT2D eigenvalue weighted by molar-refractivity contribution is 0.723. The van der Waals surface area contributed by atoms with Gasteiger partial charge < -0.3 is 18.3 Å². The Bertz CT molecular complexity index is 4630. The summed E-state index contributed by atoms with van der Waals surface area (Å²) in [7, 11) is 0. The van der Waals surface area contributed by atoms with Crippen molar-refractivity contribution < 1.29 is 0 Å². The summed E-state index contributed by atoms with van der Waals surface area (Å²) in [6, 6.07) is 91.3. The van der Waals surface area contributed by atoms with Crippen molar-refractivity contribution in [1.82, 2.24) is 23.3 Å². The Hall–Kier alpha value is -9.97. The van der Waals surface area contributed by atoms with Gasteiger partial charge in [0.05, 0.1) is 50.0 Å². The molecule has 0 spiro atoms. The molecule has 362 valence electrons. The van der Waals surface area contributed by atoms with Gasteiger partial charge in [0.25, 0.3) is 0 Å². The molecule has 15 aromatic rings. The quantitative estimate of drug-likeness (QED) is 0.157. The molecule has 77 heavy (non-hydrogen) atoms. The second kappa shape index (κ2) is 17.0. The van der Waals surface area contributed by atoms with Crippen LogP contribution in [0.4, 0.5) is 0 Å². The fourth-order valence-corrected chi connectivity index (χ4v) is 13.0. The van der Waals surface area contributed by atoms with Crippen molar-refractivity contribution in [2.24, 2.45) is 0 Å². The maximum atomic E-state index is 5.88. The second-order valence-electron chi connectivity index (χ2n) is 20.8. The van der Waals surface area contributed by atoms with Crippen molar-refractivity contribution in [2.75, 3.05) is 0 Å². The van der Waals surface area contributed by atoms with E-state index in [1.165, 1.54) is 65.5 Å². The number of pyridine rings is 1. The van der Waals surface area contributed by atoms with E-state index in [9.17, 15) is 0 Å². The Morgan fingerprint density at radius 3 is 1.03 bits per heavy atom. The van der Waals surface area contributed by atoms with E-state index in [0.717, 1.165) is 84.9 Å². The van der Waals surface area contributed by atoms with Gasteiger partial charge in [-0.05, 0) is 109 Å². The van der Waals surface area contributed by atoms with Gasteiger partial charge in [-0.3, -0.25) is 0 Å². The molecule has 5 nitrogen and oxygen atoms in total. The van der Waals surface area contributed by atoms with Gasteiger partial charge in [-0.1, -0.05) is 177 Å². The molecule has 5 heterocycles. The van der Waals surface area contributed by atoms with E-state index in [0.29, 0.717) is 5.92 Å². The van der Waals surface area contributed by atoms with Crippen molar-refractivity contribution in [1.29, 1.82) is 0 Å². The average Bonchev–Trinajstić information content (AvgIpc) is 4.25. The first kappa shape index (κ1) is 43.4. The monoisotopic (exact) mass is 983 g/mol. The van der Waals surface area contributed by atoms with Crippen LogP contribution in [0, 0.1) is 0 Å². The van der Waals surface area contributed by atoms with Crippen LogP contribution in [0.3, 0.4) is 0 Å². The molecule has 1 aliphatic rings. The minimum atomic E-state index is 0.319. The van der Waals surface area contributed by atoms with Gasteiger partial charge in [-0.2, -0.15) is 0 Å². The number of hydrogen-bond acceptors (Lipinski definition) is 1. The van der Waals surface area contributed by atoms with Gasteiger partial charge in [0, 0.05) is 88.8 Å². The lowest BCUT2D eigenvalue weighted by Crippen LogP contribution is -2.08. The molecule has 10 aromatic carbocycles. The molecule has 0 saturated heterocycles. The molecule has 0 saturated carbocycles. The molecule has 0 aliphatic heterocycles. The normalized spacial score (nSPS) is 13.5. The van der Waals surface area contributed by atoms with Gasteiger partial charge in [0.15, 0.2) is 0 Å². The van der Waals surface area contributed by atoms with Crippen LogP contribution < -0.4 is 0 Å². The fourth-order valence-electron chi connectivity index (χ4n) is 13.0. The van der Waals surface area contributed by atoms with Gasteiger partial charge >= 0.3 is 0 Å². The van der Waals surface area contributed by atoms with Gasteiger partial charge in [-0.25, -0.2) is 4.98 Å². The smallest absolute Gasteiger partial charge is 0.0717 e. The highest BCUT2D eigenvalue weighted by molar-refractivity contribution is 6.12. The van der Waals surface area contributed by atoms with Crippen LogP contribution >= 0.6 is 0 Å². The summed E-state index contributed by atoms with van der Waals surface area (Å²) in [5, 5.41) is 8.61. The first-order chi connectivity index (χ1) is 38.1. The third-order valence-electron chi connectivity index (χ3n) is 16.3. The van der Waals surface area contributed by atoms with E-state index in [4.69, 9.17) is 4.98 Å². The fraction of sp³-hybridized carbons (Fsp3) is 0.0417. The van der Waals surface area contributed by atoms with Crippen molar-refractivity contribution in [2.45, 2.75) is 19.3 Å². The number of para-hydroxylation sites is 7. The molecule has 16 rings (SSSR count). The molecular weight excluding hydrogens is 935 g/mol. The average molecular weight is 984 g/mol. The van der Waals surface area contributed by atoms with E-state index in [-0.39, 0.29) is 0 Å². The molecule has 5 aromatic heterocycles. The number of aromatic nitrogens is 5. The molecule has 0 amide bonds. The van der Waals surface area contributed by atoms with Gasteiger partial charge in [-0.15, -0.1) is 0 Å². The zero-order valence-electron chi connectivity index (χ0n) is 42.3. The molecule has 0 N–H and O–H groups in total. The van der Waals surface area contributed by atoms with Gasteiger partial charge in [0.1, 0.15) is 0 Å². The summed E-state index contributed by atoms with van der Waals surface area (Å²) >= 11 is 0. The SMILES string of the molecule is CC1CC=Cc2c1n(-c1cc(-c3cc(-c4ccccc4)cc(-c4cc(-n5c6ccccc6c6ccccc65)cc(-n5c6ccccc6c6ccccc65)c4)n3)cc(-n3c4ccccc4c4ccccc43)c1)c1ccccc21. The van der Waals surface area contributed by atoms with Crippen molar-refractivity contribution in [3.05, 3.63) is 266 Å². The summed E-state index contributed by atoms with van der Waals surface area (Å²) in [5.41, 5.74) is 21.2. The summed E-state index contributed by atoms with van der Waals surface area (Å²) in [6.07, 6.45) is 5.66. The zero-order chi connectivity index (χ0) is 50.7. The third-order valence-corrected chi connectivity index (χ3v) is 16.3. The van der Waals surface area contributed by atoms with Crippen molar-refractivity contribution in [3.63, 3.8) is 0 Å². The molecule has 0 radical (unpaired) electrons. The van der Waals surface area contributed by atoms with E-state index >= 15 is 0 Å². The van der Waals surface area contributed by atoms with E-state index in [1.807, 2.05) is 0 Å². The Balaban J connectivity index is 1.00. The van der Waals surface area contributed by atoms with Crippen molar-refractivity contribution in [3.8, 4) is 56.4 Å². The van der Waals surface area contributed by atoms with Crippen LogP contribution in [-0.4, -0.2) is 23.3 Å². The molecular formula is C72H49N5. The van der Waals surface area contributed by atoms with Crippen LogP contribution in [0.2, 0.25) is 0 Å². The minimum absolute atomic E-state index is 0.319. The Morgan fingerprint density at radius 2 is 0.636 bits per heavy atom. The molecule has 1 atom stereocenters. The maximum absolute atomic E-state index is 5.88. The highest BCUT2D eigenvalue weighted by Crippen LogP contribution is 2.44. The number of nitrogens with zero attached hydrogens (tertiary/aromatic N) is 5. The number of rotatable bonds is 7. The lowest BCUT2D eigenvalue weighted by atomic mass is 9.93. The maximum Gasteiger partial charge on any atom is 0.0717 e. The summed E-state index contributed by atoms with van der Waals surface area (Å²) in [4.78, 5) is 5.88. The summed E-state index contributed by atoms with van der Waals surface area (Å²) < 4.78 is 9.86. The standard InChI is InChI=1S/C72H49N5/c1-46-20-19-30-62-61-29-11-18-37-71(61)77(72(46)62)54-41-50(40-53(45-54)76-69-35-16-9-27-59(69)60-28-10-17-36-70(60)76)64-43-48(47-21-3-2-4-22-47)42-63(73-64)49-38-51(74-65-31-12-5-23-55(65)56-24-6-13-32-66(56)74)44-52(39-49)75-67-33-14-7-25-57(67)58-26-8-15-34-68(58)75/h2-19,21-46H,20H2,1H3. The van der Waals surface area contributed by atoms with E-state index in [1.54, 1.807) is 0 Å². The number of hydrogen-bond donors (Lipinski definition) is 0. The van der Waals surface area contributed by atoms with Crippen LogP contribution in [0.15, 0.2) is 255 Å². The molecule has 1 aliphatic carbocycles. The predicted molar refractivity (Wildman–Crippen MR) is 322 cm³/mol. The Morgan fingerprint density at radius 1 is 0.312 bits per heavy atom. The summed E-state index contributed by atoms with van der Waals surface area (Å²) in [5.74, 6) is 0.319. The predicted octanol–water partition coefficient (Wildman–Crippen LogP) is 18.8. The number of allylic oxidation sites excluding steroid dienone is 1. The summed E-state index contributed by atoms with van der Waals surface area (Å²) in [6.45, 7) is 2.37. The first-order valence-corrected chi connectivity index (χ1v) is 26.8. The lowest BCUT2D eigenvalue weighted by Gasteiger charge is -2.21. The minimum Gasteiger partial charge on any atom is -0.313 e. The van der Waals surface area contributed by atoms with Crippen LogP contribution in [0.1, 0.15) is 30.5 Å². The Labute approximate surface area is 445 Å². The first-order valence-electron chi connectivity index (χ1n) is 26.8. The number of benzene rings is 10. The van der Waals surface area contributed by atoms with Crippen molar-refractivity contribution >= 4 is 82.4 Å². The van der Waals surface area contributed by atoms with Gasteiger partial charge in [0.2, 0.25) is 0 Å².